The van der Waals surface area contributed by atoms with Crippen LogP contribution >= 0.6 is 0 Å². The Morgan fingerprint density at radius 1 is 0.880 bits per heavy atom. The number of methoxy groups -OCH3 is 1. The molecule has 0 fully saturated rings. The van der Waals surface area contributed by atoms with Gasteiger partial charge in [-0.1, -0.05) is 48.0 Å². The predicted molar refractivity (Wildman–Crippen MR) is 104 cm³/mol. The zero-order chi connectivity index (χ0) is 17.5. The van der Waals surface area contributed by atoms with Crippen LogP contribution in [0.1, 0.15) is 16.7 Å². The van der Waals surface area contributed by atoms with Crippen LogP contribution in [0.15, 0.2) is 84.0 Å². The molecule has 0 amide bonds. The van der Waals surface area contributed by atoms with Crippen molar-refractivity contribution in [2.24, 2.45) is 5.10 Å². The van der Waals surface area contributed by atoms with E-state index in [4.69, 9.17) is 9.84 Å². The Hall–Kier alpha value is -3.07. The van der Waals surface area contributed by atoms with E-state index in [1.165, 1.54) is 11.1 Å². The summed E-state index contributed by atoms with van der Waals surface area (Å²) in [5, 5.41) is 6.73. The van der Waals surface area contributed by atoms with Gasteiger partial charge in [0.1, 0.15) is 5.75 Å². The van der Waals surface area contributed by atoms with Crippen LogP contribution in [-0.4, -0.2) is 13.3 Å². The highest BCUT2D eigenvalue weighted by atomic mass is 16.5. The molecule has 0 radical (unpaired) electrons. The summed E-state index contributed by atoms with van der Waals surface area (Å²) < 4.78 is 5.20. The van der Waals surface area contributed by atoms with Crippen LogP contribution in [0.4, 0.5) is 5.69 Å². The number of hydrazone groups is 1. The maximum absolute atomic E-state index is 5.20. The molecule has 0 unspecified atom stereocenters. The van der Waals surface area contributed by atoms with E-state index in [-0.39, 0.29) is 0 Å². The molecule has 25 heavy (non-hydrogen) atoms. The molecule has 0 bridgehead atoms. The van der Waals surface area contributed by atoms with Crippen molar-refractivity contribution in [2.75, 3.05) is 12.1 Å². The van der Waals surface area contributed by atoms with Gasteiger partial charge in [-0.3, -0.25) is 5.01 Å². The quantitative estimate of drug-likeness (QED) is 0.467. The van der Waals surface area contributed by atoms with E-state index in [2.05, 4.69) is 55.5 Å². The highest BCUT2D eigenvalue weighted by Gasteiger charge is 2.05. The van der Waals surface area contributed by atoms with Crippen LogP contribution in [0, 0.1) is 6.92 Å². The van der Waals surface area contributed by atoms with E-state index in [0.717, 1.165) is 23.5 Å². The molecule has 0 N–H and O–H groups in total. The van der Waals surface area contributed by atoms with E-state index >= 15 is 0 Å². The summed E-state index contributed by atoms with van der Waals surface area (Å²) in [7, 11) is 1.67. The SMILES string of the molecule is COc1ccc(/C=N/N(Cc2ccccc2)c2ccc(C)cc2)cc1. The van der Waals surface area contributed by atoms with E-state index in [1.54, 1.807) is 7.11 Å². The lowest BCUT2D eigenvalue weighted by Gasteiger charge is -2.19. The number of anilines is 1. The molecule has 0 aliphatic heterocycles. The average molecular weight is 330 g/mol. The minimum absolute atomic E-state index is 0.719. The lowest BCUT2D eigenvalue weighted by atomic mass is 10.2. The minimum Gasteiger partial charge on any atom is -0.497 e. The molecular weight excluding hydrogens is 308 g/mol. The monoisotopic (exact) mass is 330 g/mol. The van der Waals surface area contributed by atoms with Crippen molar-refractivity contribution >= 4 is 11.9 Å². The number of ether oxygens (including phenoxy) is 1. The number of benzene rings is 3. The van der Waals surface area contributed by atoms with Crippen LogP contribution in [-0.2, 0) is 6.54 Å². The number of hydrogen-bond acceptors (Lipinski definition) is 3. The molecule has 0 spiro atoms. The smallest absolute Gasteiger partial charge is 0.118 e. The maximum atomic E-state index is 5.20. The summed E-state index contributed by atoms with van der Waals surface area (Å²) in [4.78, 5) is 0. The van der Waals surface area contributed by atoms with Crippen LogP contribution in [0.5, 0.6) is 5.75 Å². The van der Waals surface area contributed by atoms with Gasteiger partial charge in [-0.05, 0) is 54.4 Å². The van der Waals surface area contributed by atoms with E-state index in [9.17, 15) is 0 Å². The molecule has 0 aromatic heterocycles. The second-order valence-corrected chi connectivity index (χ2v) is 5.90. The molecule has 0 saturated carbocycles. The second kappa shape index (κ2) is 8.15. The third kappa shape index (κ3) is 4.70. The molecule has 0 atom stereocenters. The Morgan fingerprint density at radius 3 is 2.20 bits per heavy atom. The molecule has 0 saturated heterocycles. The third-order valence-corrected chi connectivity index (χ3v) is 3.97. The molecule has 3 rings (SSSR count). The number of nitrogens with zero attached hydrogens (tertiary/aromatic N) is 2. The van der Waals surface area contributed by atoms with Crippen LogP contribution in [0.3, 0.4) is 0 Å². The van der Waals surface area contributed by atoms with Gasteiger partial charge in [0.15, 0.2) is 0 Å². The first-order valence-electron chi connectivity index (χ1n) is 8.31. The highest BCUT2D eigenvalue weighted by Crippen LogP contribution is 2.19. The molecule has 0 heterocycles. The van der Waals surface area contributed by atoms with Crippen LogP contribution in [0.2, 0.25) is 0 Å². The molecule has 126 valence electrons. The summed E-state index contributed by atoms with van der Waals surface area (Å²) in [5.74, 6) is 0.844. The zero-order valence-electron chi connectivity index (χ0n) is 14.6. The van der Waals surface area contributed by atoms with E-state index < -0.39 is 0 Å². The largest absolute Gasteiger partial charge is 0.497 e. The molecular formula is C22H22N2O. The molecule has 3 nitrogen and oxygen atoms in total. The summed E-state index contributed by atoms with van der Waals surface area (Å²) in [6.07, 6.45) is 1.88. The van der Waals surface area contributed by atoms with Crippen molar-refractivity contribution in [1.29, 1.82) is 0 Å². The lowest BCUT2D eigenvalue weighted by Crippen LogP contribution is -2.16. The first kappa shape index (κ1) is 16.8. The maximum Gasteiger partial charge on any atom is 0.118 e. The molecule has 3 aromatic rings. The fourth-order valence-corrected chi connectivity index (χ4v) is 2.50. The van der Waals surface area contributed by atoms with Gasteiger partial charge in [-0.25, -0.2) is 0 Å². The topological polar surface area (TPSA) is 24.8 Å². The van der Waals surface area contributed by atoms with Gasteiger partial charge in [0.25, 0.3) is 0 Å². The van der Waals surface area contributed by atoms with Crippen molar-refractivity contribution in [1.82, 2.24) is 0 Å². The lowest BCUT2D eigenvalue weighted by molar-refractivity contribution is 0.415. The van der Waals surface area contributed by atoms with Crippen molar-refractivity contribution in [3.05, 3.63) is 95.6 Å². The Labute approximate surface area is 149 Å². The van der Waals surface area contributed by atoms with Gasteiger partial charge in [0, 0.05) is 0 Å². The molecule has 0 aliphatic carbocycles. The standard InChI is InChI=1S/C22H22N2O/c1-18-8-12-21(13-9-18)24(17-20-6-4-3-5-7-20)23-16-19-10-14-22(25-2)15-11-19/h3-16H,17H2,1-2H3/b23-16+. The van der Waals surface area contributed by atoms with Gasteiger partial charge in [0.2, 0.25) is 0 Å². The predicted octanol–water partition coefficient (Wildman–Crippen LogP) is 5.04. The Balaban J connectivity index is 1.84. The highest BCUT2D eigenvalue weighted by molar-refractivity contribution is 5.80. The number of aryl methyl sites for hydroxylation is 1. The van der Waals surface area contributed by atoms with Crippen molar-refractivity contribution in [3.63, 3.8) is 0 Å². The molecule has 3 aromatic carbocycles. The van der Waals surface area contributed by atoms with Gasteiger partial charge in [-0.15, -0.1) is 0 Å². The first-order chi connectivity index (χ1) is 12.2. The molecule has 0 aliphatic rings. The Kier molecular flexibility index (Phi) is 5.47. The van der Waals surface area contributed by atoms with E-state index in [1.807, 2.05) is 41.6 Å². The fraction of sp³-hybridized carbons (Fsp3) is 0.136. The minimum atomic E-state index is 0.719. The number of hydrogen-bond donors (Lipinski definition) is 0. The molecule has 3 heteroatoms. The van der Waals surface area contributed by atoms with Gasteiger partial charge >= 0.3 is 0 Å². The van der Waals surface area contributed by atoms with Gasteiger partial charge in [0.05, 0.1) is 25.6 Å². The first-order valence-corrected chi connectivity index (χ1v) is 8.31. The van der Waals surface area contributed by atoms with Gasteiger partial charge < -0.3 is 4.74 Å². The summed E-state index contributed by atoms with van der Waals surface area (Å²) in [5.41, 5.74) is 4.56. The van der Waals surface area contributed by atoms with E-state index in [0.29, 0.717) is 0 Å². The fourth-order valence-electron chi connectivity index (χ4n) is 2.50. The third-order valence-electron chi connectivity index (χ3n) is 3.97. The Bertz CT molecular complexity index is 809. The van der Waals surface area contributed by atoms with Crippen molar-refractivity contribution in [3.8, 4) is 5.75 Å². The normalized spacial score (nSPS) is 10.8. The van der Waals surface area contributed by atoms with Crippen molar-refractivity contribution in [2.45, 2.75) is 13.5 Å². The Morgan fingerprint density at radius 2 is 1.56 bits per heavy atom. The number of rotatable bonds is 6. The second-order valence-electron chi connectivity index (χ2n) is 5.90. The van der Waals surface area contributed by atoms with Crippen LogP contribution < -0.4 is 9.75 Å². The summed E-state index contributed by atoms with van der Waals surface area (Å²) in [6.45, 7) is 2.81. The summed E-state index contributed by atoms with van der Waals surface area (Å²) in [6, 6.07) is 26.7. The van der Waals surface area contributed by atoms with Crippen molar-refractivity contribution < 1.29 is 4.74 Å². The average Bonchev–Trinajstić information content (AvgIpc) is 2.67. The zero-order valence-corrected chi connectivity index (χ0v) is 14.6. The van der Waals surface area contributed by atoms with Crippen LogP contribution in [0.25, 0.3) is 0 Å². The van der Waals surface area contributed by atoms with Gasteiger partial charge in [-0.2, -0.15) is 5.10 Å². The summed E-state index contributed by atoms with van der Waals surface area (Å²) >= 11 is 0.